The van der Waals surface area contributed by atoms with Gasteiger partial charge in [-0.25, -0.2) is 4.79 Å². The summed E-state index contributed by atoms with van der Waals surface area (Å²) >= 11 is 0. The molecule has 0 saturated carbocycles. The summed E-state index contributed by atoms with van der Waals surface area (Å²) < 4.78 is 2.21. The molecule has 4 N–H and O–H groups in total. The Morgan fingerprint density at radius 1 is 1.12 bits per heavy atom. The molecule has 0 saturated heterocycles. The molecule has 7 heteroatoms. The van der Waals surface area contributed by atoms with Gasteiger partial charge >= 0.3 is 5.97 Å². The molecular weight excluding hydrogens is 430 g/mol. The number of carbonyl (C=O) groups is 1. The fourth-order valence-corrected chi connectivity index (χ4v) is 5.10. The number of rotatable bonds is 10. The number of benzene rings is 1. The fourth-order valence-electron chi connectivity index (χ4n) is 5.10. The minimum absolute atomic E-state index is 0.410. The van der Waals surface area contributed by atoms with Crippen LogP contribution in [0.3, 0.4) is 0 Å². The second-order valence-electron chi connectivity index (χ2n) is 9.40. The van der Waals surface area contributed by atoms with E-state index < -0.39 is 22.8 Å². The molecule has 0 fully saturated rings. The Bertz CT molecular complexity index is 1260. The summed E-state index contributed by atoms with van der Waals surface area (Å²) in [4.78, 5) is 26.7. The van der Waals surface area contributed by atoms with Crippen LogP contribution < -0.4 is 10.9 Å². The number of carboxylic acids is 1. The van der Waals surface area contributed by atoms with Crippen molar-refractivity contribution < 1.29 is 15.0 Å². The molecule has 1 aliphatic rings. The number of hydrogen-bond acceptors (Lipinski definition) is 4. The highest BCUT2D eigenvalue weighted by molar-refractivity contribution is 5.93. The molecule has 1 aliphatic carbocycles. The Labute approximate surface area is 199 Å². The average Bonchev–Trinajstić information content (AvgIpc) is 2.98. The Morgan fingerprint density at radius 3 is 2.65 bits per heavy atom. The van der Waals surface area contributed by atoms with E-state index in [1.165, 1.54) is 44.2 Å². The zero-order valence-corrected chi connectivity index (χ0v) is 20.2. The van der Waals surface area contributed by atoms with E-state index in [0.29, 0.717) is 17.7 Å². The molecule has 2 aromatic heterocycles. The Balaban J connectivity index is 1.58. The van der Waals surface area contributed by atoms with Crippen LogP contribution in [0.2, 0.25) is 0 Å². The molecule has 0 bridgehead atoms. The van der Waals surface area contributed by atoms with Crippen molar-refractivity contribution in [3.05, 3.63) is 50.9 Å². The van der Waals surface area contributed by atoms with Gasteiger partial charge in [-0.1, -0.05) is 39.0 Å². The zero-order chi connectivity index (χ0) is 24.2. The van der Waals surface area contributed by atoms with Gasteiger partial charge in [-0.15, -0.1) is 0 Å². The minimum atomic E-state index is -1.41. The third kappa shape index (κ3) is 4.75. The molecule has 0 spiro atoms. The van der Waals surface area contributed by atoms with Crippen LogP contribution in [0.15, 0.2) is 23.0 Å². The van der Waals surface area contributed by atoms with Crippen LogP contribution in [-0.4, -0.2) is 32.3 Å². The number of aromatic amines is 1. The van der Waals surface area contributed by atoms with Crippen molar-refractivity contribution in [1.82, 2.24) is 14.9 Å². The normalized spacial score (nSPS) is 13.0. The maximum atomic E-state index is 12.4. The van der Waals surface area contributed by atoms with Gasteiger partial charge in [0, 0.05) is 41.3 Å². The number of H-pyrrole nitrogens is 1. The number of aromatic carboxylic acids is 1. The molecule has 0 atom stereocenters. The molecule has 3 aromatic rings. The van der Waals surface area contributed by atoms with Crippen LogP contribution in [0.4, 0.5) is 0 Å². The second-order valence-corrected chi connectivity index (χ2v) is 9.40. The van der Waals surface area contributed by atoms with E-state index in [0.717, 1.165) is 48.0 Å². The number of fused-ring (bicyclic) bond motifs is 4. The molecule has 7 nitrogen and oxygen atoms in total. The summed E-state index contributed by atoms with van der Waals surface area (Å²) in [6, 6.07) is 6.39. The van der Waals surface area contributed by atoms with Crippen LogP contribution in [0.5, 0.6) is 5.75 Å². The number of hydrogen-bond donors (Lipinski definition) is 4. The number of aromatic nitrogens is 2. The third-order valence-electron chi connectivity index (χ3n) is 7.03. The van der Waals surface area contributed by atoms with Gasteiger partial charge in [0.2, 0.25) is 0 Å². The van der Waals surface area contributed by atoms with Crippen LogP contribution in [-0.2, 0) is 26.4 Å². The lowest BCUT2D eigenvalue weighted by Gasteiger charge is -2.13. The highest BCUT2D eigenvalue weighted by atomic mass is 16.4. The topological polar surface area (TPSA) is 107 Å². The lowest BCUT2D eigenvalue weighted by molar-refractivity contribution is 0.0691. The summed E-state index contributed by atoms with van der Waals surface area (Å²) in [5, 5.41) is 24.6. The van der Waals surface area contributed by atoms with Gasteiger partial charge in [0.1, 0.15) is 5.75 Å². The number of nitrogens with zero attached hydrogens (tertiary/aromatic N) is 1. The van der Waals surface area contributed by atoms with Gasteiger partial charge in [0.05, 0.1) is 5.69 Å². The lowest BCUT2D eigenvalue weighted by atomic mass is 9.98. The predicted molar refractivity (Wildman–Crippen MR) is 135 cm³/mol. The SMILES string of the molecule is CCCCCCCCNCc1cc2cc3c(cc2n1C)CCCc1c-3[nH]c(=O)c(C(=O)O)c1O. The Morgan fingerprint density at radius 2 is 1.88 bits per heavy atom. The second kappa shape index (κ2) is 10.5. The van der Waals surface area contributed by atoms with Gasteiger partial charge in [0.25, 0.3) is 5.56 Å². The van der Waals surface area contributed by atoms with Crippen molar-refractivity contribution in [2.75, 3.05) is 6.54 Å². The van der Waals surface area contributed by atoms with Gasteiger partial charge in [-0.2, -0.15) is 0 Å². The van der Waals surface area contributed by atoms with Gasteiger partial charge in [-0.05, 0) is 56.0 Å². The molecule has 1 aromatic carbocycles. The molecule has 34 heavy (non-hydrogen) atoms. The van der Waals surface area contributed by atoms with Crippen molar-refractivity contribution in [3.8, 4) is 17.0 Å². The number of pyridine rings is 1. The monoisotopic (exact) mass is 465 g/mol. The number of carboxylic acid groups (broad SMARTS) is 1. The van der Waals surface area contributed by atoms with Crippen LogP contribution in [0.1, 0.15) is 79.0 Å². The number of aryl methyl sites for hydroxylation is 2. The molecule has 4 rings (SSSR count). The van der Waals surface area contributed by atoms with Crippen molar-refractivity contribution in [2.45, 2.75) is 71.3 Å². The van der Waals surface area contributed by atoms with E-state index in [4.69, 9.17) is 0 Å². The van der Waals surface area contributed by atoms with Crippen LogP contribution >= 0.6 is 0 Å². The standard InChI is InChI=1S/C27H35N3O4/c1-3-4-5-6-7-8-12-28-16-19-13-18-14-21-17(15-22(18)30(19)2)10-9-11-20-24(21)29-26(32)23(25(20)31)27(33)34/h13-15,28H,3-12,16H2,1-2H3,(H,33,34)(H2,29,31,32). The van der Waals surface area contributed by atoms with Crippen molar-refractivity contribution in [1.29, 1.82) is 0 Å². The lowest BCUT2D eigenvalue weighted by Crippen LogP contribution is -2.20. The fraction of sp³-hybridized carbons (Fsp3) is 0.481. The summed E-state index contributed by atoms with van der Waals surface area (Å²) in [7, 11) is 2.08. The van der Waals surface area contributed by atoms with Crippen molar-refractivity contribution in [3.63, 3.8) is 0 Å². The first-order chi connectivity index (χ1) is 16.4. The molecule has 0 radical (unpaired) electrons. The number of aromatic hydroxyl groups is 1. The maximum Gasteiger partial charge on any atom is 0.345 e. The van der Waals surface area contributed by atoms with Gasteiger partial charge in [-0.3, -0.25) is 4.79 Å². The summed E-state index contributed by atoms with van der Waals surface area (Å²) in [5.74, 6) is -1.82. The van der Waals surface area contributed by atoms with Crippen molar-refractivity contribution >= 4 is 16.9 Å². The first kappa shape index (κ1) is 24.1. The maximum absolute atomic E-state index is 12.4. The van der Waals surface area contributed by atoms with Gasteiger partial charge < -0.3 is 25.1 Å². The molecule has 2 heterocycles. The Hall–Kier alpha value is -3.06. The van der Waals surface area contributed by atoms with E-state index >= 15 is 0 Å². The first-order valence-corrected chi connectivity index (χ1v) is 12.5. The quantitative estimate of drug-likeness (QED) is 0.319. The predicted octanol–water partition coefficient (Wildman–Crippen LogP) is 4.88. The van der Waals surface area contributed by atoms with Gasteiger partial charge in [0.15, 0.2) is 5.56 Å². The summed E-state index contributed by atoms with van der Waals surface area (Å²) in [6.07, 6.45) is 9.76. The van der Waals surface area contributed by atoms with E-state index in [2.05, 4.69) is 47.0 Å². The zero-order valence-electron chi connectivity index (χ0n) is 20.2. The largest absolute Gasteiger partial charge is 0.506 e. The molecule has 0 aliphatic heterocycles. The van der Waals surface area contributed by atoms with E-state index in [1.54, 1.807) is 0 Å². The van der Waals surface area contributed by atoms with Crippen LogP contribution in [0, 0.1) is 0 Å². The molecule has 0 amide bonds. The highest BCUT2D eigenvalue weighted by Crippen LogP contribution is 2.38. The van der Waals surface area contributed by atoms with E-state index in [9.17, 15) is 19.8 Å². The first-order valence-electron chi connectivity index (χ1n) is 12.5. The summed E-state index contributed by atoms with van der Waals surface area (Å²) in [5.41, 5.74) is 3.97. The molecule has 0 unspecified atom stereocenters. The van der Waals surface area contributed by atoms with Crippen molar-refractivity contribution in [2.24, 2.45) is 7.05 Å². The number of unbranched alkanes of at least 4 members (excludes halogenated alkanes) is 5. The average molecular weight is 466 g/mol. The third-order valence-corrected chi connectivity index (χ3v) is 7.03. The summed E-state index contributed by atoms with van der Waals surface area (Å²) in [6.45, 7) is 4.03. The van der Waals surface area contributed by atoms with E-state index in [1.807, 2.05) is 0 Å². The molecule has 182 valence electrons. The smallest absolute Gasteiger partial charge is 0.345 e. The molecular formula is C27H35N3O4. The Kier molecular flexibility index (Phi) is 7.41. The van der Waals surface area contributed by atoms with Crippen LogP contribution in [0.25, 0.3) is 22.2 Å². The minimum Gasteiger partial charge on any atom is -0.506 e. The van der Waals surface area contributed by atoms with E-state index in [-0.39, 0.29) is 0 Å². The number of nitrogens with one attached hydrogen (secondary N) is 2. The highest BCUT2D eigenvalue weighted by Gasteiger charge is 2.26.